The fraction of sp³-hybridized carbons (Fsp3) is 0.133. The molecule has 2 N–H and O–H groups in total. The van der Waals surface area contributed by atoms with Gasteiger partial charge in [-0.2, -0.15) is 0 Å². The monoisotopic (exact) mass is 422 g/mol. The number of sulfonamides is 1. The average molecular weight is 424 g/mol. The van der Waals surface area contributed by atoms with E-state index in [-0.39, 0.29) is 26.2 Å². The van der Waals surface area contributed by atoms with E-state index in [0.29, 0.717) is 10.6 Å². The molecule has 10 heteroatoms. The maximum absolute atomic E-state index is 12.5. The van der Waals surface area contributed by atoms with Crippen LogP contribution in [0.1, 0.15) is 15.9 Å². The van der Waals surface area contributed by atoms with Crippen molar-refractivity contribution in [2.75, 3.05) is 12.5 Å². The number of hydrazine groups is 1. The third kappa shape index (κ3) is 4.56. The van der Waals surface area contributed by atoms with Gasteiger partial charge in [-0.3, -0.25) is 0 Å². The van der Waals surface area contributed by atoms with Gasteiger partial charge in [0.1, 0.15) is 0 Å². The van der Waals surface area contributed by atoms with Crippen LogP contribution in [0.2, 0.25) is 15.1 Å². The first kappa shape index (κ1) is 19.8. The fourth-order valence-corrected chi connectivity index (χ4v) is 4.00. The highest BCUT2D eigenvalue weighted by atomic mass is 35.5. The quantitative estimate of drug-likeness (QED) is 0.560. The molecule has 0 heterocycles. The van der Waals surface area contributed by atoms with Crippen molar-refractivity contribution in [3.05, 3.63) is 56.5 Å². The third-order valence-electron chi connectivity index (χ3n) is 3.22. The van der Waals surface area contributed by atoms with Gasteiger partial charge >= 0.3 is 5.97 Å². The molecule has 0 fully saturated rings. The van der Waals surface area contributed by atoms with Gasteiger partial charge in [-0.25, -0.2) is 13.2 Å². The predicted molar refractivity (Wildman–Crippen MR) is 97.9 cm³/mol. The number of ether oxygens (including phenoxy) is 1. The van der Waals surface area contributed by atoms with Crippen LogP contribution in [0, 0.1) is 6.92 Å². The summed E-state index contributed by atoms with van der Waals surface area (Å²) in [5, 5.41) is 0.588. The molecule has 2 aromatic rings. The maximum Gasteiger partial charge on any atom is 0.337 e. The van der Waals surface area contributed by atoms with Crippen LogP contribution in [0.15, 0.2) is 35.2 Å². The van der Waals surface area contributed by atoms with Crippen LogP contribution < -0.4 is 10.3 Å². The zero-order valence-electron chi connectivity index (χ0n) is 13.1. The van der Waals surface area contributed by atoms with Gasteiger partial charge in [0.15, 0.2) is 0 Å². The summed E-state index contributed by atoms with van der Waals surface area (Å²) in [7, 11) is -2.81. The molecule has 0 amide bonds. The van der Waals surface area contributed by atoms with E-state index in [1.165, 1.54) is 37.4 Å². The van der Waals surface area contributed by atoms with Gasteiger partial charge in [0.25, 0.3) is 10.0 Å². The molecule has 0 spiro atoms. The lowest BCUT2D eigenvalue weighted by molar-refractivity contribution is 0.0600. The number of rotatable bonds is 5. The average Bonchev–Trinajstić information content (AvgIpc) is 2.53. The van der Waals surface area contributed by atoms with E-state index in [1.807, 2.05) is 0 Å². The Hall–Kier alpha value is -1.51. The number of benzene rings is 2. The molecule has 25 heavy (non-hydrogen) atoms. The lowest BCUT2D eigenvalue weighted by Crippen LogP contribution is -2.30. The Morgan fingerprint density at radius 1 is 1.08 bits per heavy atom. The highest BCUT2D eigenvalue weighted by Gasteiger charge is 2.20. The van der Waals surface area contributed by atoms with E-state index in [4.69, 9.17) is 34.8 Å². The van der Waals surface area contributed by atoms with Crippen molar-refractivity contribution < 1.29 is 17.9 Å². The minimum atomic E-state index is -4.02. The Morgan fingerprint density at radius 2 is 1.68 bits per heavy atom. The molecule has 2 rings (SSSR count). The molecule has 0 aromatic heterocycles. The van der Waals surface area contributed by atoms with Crippen molar-refractivity contribution in [3.63, 3.8) is 0 Å². The maximum atomic E-state index is 12.5. The second kappa shape index (κ2) is 7.80. The number of hydrogen-bond acceptors (Lipinski definition) is 5. The van der Waals surface area contributed by atoms with Crippen LogP contribution in [-0.2, 0) is 14.8 Å². The lowest BCUT2D eigenvalue weighted by atomic mass is 10.1. The van der Waals surface area contributed by atoms with Crippen molar-refractivity contribution >= 4 is 56.5 Å². The molecule has 0 saturated carbocycles. The standard InChI is InChI=1S/C15H13Cl3N2O4S/c1-8-3-4-9(15(21)24-2)5-13(8)25(22,23)20-19-14-11(17)6-10(16)7-12(14)18/h3-7,19-20H,1-2H3. The SMILES string of the molecule is COC(=O)c1ccc(C)c(S(=O)(=O)NNc2c(Cl)cc(Cl)cc2Cl)c1. The van der Waals surface area contributed by atoms with Crippen molar-refractivity contribution in [1.82, 2.24) is 4.83 Å². The van der Waals surface area contributed by atoms with Gasteiger partial charge in [0.2, 0.25) is 0 Å². The minimum absolute atomic E-state index is 0.0934. The van der Waals surface area contributed by atoms with Crippen LogP contribution in [0.5, 0.6) is 0 Å². The van der Waals surface area contributed by atoms with E-state index >= 15 is 0 Å². The fourth-order valence-electron chi connectivity index (χ4n) is 1.97. The van der Waals surface area contributed by atoms with Gasteiger partial charge in [-0.05, 0) is 36.8 Å². The Balaban J connectivity index is 2.33. The van der Waals surface area contributed by atoms with Crippen molar-refractivity contribution in [2.24, 2.45) is 0 Å². The van der Waals surface area contributed by atoms with Gasteiger partial charge in [-0.1, -0.05) is 40.9 Å². The molecule has 0 aliphatic heterocycles. The van der Waals surface area contributed by atoms with Crippen LogP contribution in [0.3, 0.4) is 0 Å². The minimum Gasteiger partial charge on any atom is -0.465 e. The summed E-state index contributed by atoms with van der Waals surface area (Å²) in [5.74, 6) is -0.645. The summed E-state index contributed by atoms with van der Waals surface area (Å²) in [5.41, 5.74) is 3.16. The second-order valence-electron chi connectivity index (χ2n) is 4.95. The first-order valence-electron chi connectivity index (χ1n) is 6.77. The summed E-state index contributed by atoms with van der Waals surface area (Å²) in [6, 6.07) is 7.02. The molecule has 0 saturated heterocycles. The van der Waals surface area contributed by atoms with E-state index in [1.54, 1.807) is 6.92 Å². The topological polar surface area (TPSA) is 84.5 Å². The van der Waals surface area contributed by atoms with Gasteiger partial charge < -0.3 is 10.2 Å². The molecule has 134 valence electrons. The molecule has 6 nitrogen and oxygen atoms in total. The van der Waals surface area contributed by atoms with Crippen molar-refractivity contribution in [3.8, 4) is 0 Å². The van der Waals surface area contributed by atoms with Crippen LogP contribution in [-0.4, -0.2) is 21.5 Å². The highest BCUT2D eigenvalue weighted by molar-refractivity contribution is 7.89. The molecule has 0 aliphatic carbocycles. The summed E-state index contributed by atoms with van der Waals surface area (Å²) >= 11 is 17.8. The molecular formula is C15H13Cl3N2O4S. The van der Waals surface area contributed by atoms with Gasteiger partial charge in [0.05, 0.1) is 33.3 Å². The second-order valence-corrected chi connectivity index (χ2v) is 7.85. The molecule has 2 aromatic carbocycles. The molecule has 0 unspecified atom stereocenters. The number of methoxy groups -OCH3 is 1. The van der Waals surface area contributed by atoms with Crippen LogP contribution in [0.25, 0.3) is 0 Å². The number of carbonyl (C=O) groups is 1. The molecule has 0 radical (unpaired) electrons. The Bertz CT molecular complexity index is 909. The molecule has 0 atom stereocenters. The Labute approximate surface area is 160 Å². The first-order valence-corrected chi connectivity index (χ1v) is 9.38. The number of hydrogen-bond donors (Lipinski definition) is 2. The van der Waals surface area contributed by atoms with Gasteiger partial charge in [0, 0.05) is 5.02 Å². The largest absolute Gasteiger partial charge is 0.465 e. The summed E-state index contributed by atoms with van der Waals surface area (Å²) in [4.78, 5) is 13.7. The number of halogens is 3. The molecule has 0 aliphatic rings. The van der Waals surface area contributed by atoms with E-state index in [9.17, 15) is 13.2 Å². The zero-order chi connectivity index (χ0) is 18.8. The van der Waals surface area contributed by atoms with Crippen LogP contribution >= 0.6 is 34.8 Å². The summed E-state index contributed by atoms with van der Waals surface area (Å²) < 4.78 is 29.7. The smallest absolute Gasteiger partial charge is 0.337 e. The lowest BCUT2D eigenvalue weighted by Gasteiger charge is -2.14. The van der Waals surface area contributed by atoms with Crippen LogP contribution in [0.4, 0.5) is 5.69 Å². The van der Waals surface area contributed by atoms with Gasteiger partial charge in [-0.15, -0.1) is 4.83 Å². The van der Waals surface area contributed by atoms with Crippen molar-refractivity contribution in [2.45, 2.75) is 11.8 Å². The molecular weight excluding hydrogens is 411 g/mol. The number of esters is 1. The highest BCUT2D eigenvalue weighted by Crippen LogP contribution is 2.33. The number of aryl methyl sites for hydroxylation is 1. The number of carbonyl (C=O) groups excluding carboxylic acids is 1. The van der Waals surface area contributed by atoms with E-state index in [2.05, 4.69) is 15.0 Å². The number of anilines is 1. The first-order chi connectivity index (χ1) is 11.7. The third-order valence-corrected chi connectivity index (χ3v) is 5.42. The van der Waals surface area contributed by atoms with Crippen molar-refractivity contribution in [1.29, 1.82) is 0 Å². The zero-order valence-corrected chi connectivity index (χ0v) is 16.1. The number of nitrogens with one attached hydrogen (secondary N) is 2. The Kier molecular flexibility index (Phi) is 6.18. The van der Waals surface area contributed by atoms with E-state index in [0.717, 1.165) is 0 Å². The predicted octanol–water partition coefficient (Wildman–Crippen LogP) is 4.05. The normalized spacial score (nSPS) is 11.2. The molecule has 0 bridgehead atoms. The summed E-state index contributed by atoms with van der Waals surface area (Å²) in [6.45, 7) is 1.60. The Morgan fingerprint density at radius 3 is 2.24 bits per heavy atom. The van der Waals surface area contributed by atoms with E-state index < -0.39 is 16.0 Å². The summed E-state index contributed by atoms with van der Waals surface area (Å²) in [6.07, 6.45) is 0.